The molecule has 0 spiro atoms. The van der Waals surface area contributed by atoms with Crippen molar-refractivity contribution in [1.82, 2.24) is 4.90 Å². The van der Waals surface area contributed by atoms with Crippen molar-refractivity contribution in [3.8, 4) is 0 Å². The summed E-state index contributed by atoms with van der Waals surface area (Å²) in [7, 11) is -2.99. The number of rotatable bonds is 3. The van der Waals surface area contributed by atoms with Crippen LogP contribution >= 0.6 is 0 Å². The van der Waals surface area contributed by atoms with E-state index in [1.807, 2.05) is 11.8 Å². The average Bonchev–Trinajstić information content (AvgIpc) is 2.73. The molecule has 2 rings (SSSR count). The zero-order chi connectivity index (χ0) is 14.0. The van der Waals surface area contributed by atoms with Crippen LogP contribution in [0.15, 0.2) is 0 Å². The summed E-state index contributed by atoms with van der Waals surface area (Å²) in [6.07, 6.45) is 4.29. The van der Waals surface area contributed by atoms with Gasteiger partial charge in [0.1, 0.15) is 0 Å². The third-order valence-corrected chi connectivity index (χ3v) is 6.16. The van der Waals surface area contributed by atoms with Crippen LogP contribution in [-0.4, -0.2) is 49.4 Å². The third-order valence-electron chi connectivity index (χ3n) is 4.39. The van der Waals surface area contributed by atoms with E-state index in [0.29, 0.717) is 13.0 Å². The highest BCUT2D eigenvalue weighted by Crippen LogP contribution is 2.26. The summed E-state index contributed by atoms with van der Waals surface area (Å²) in [5.74, 6) is -0.0879. The van der Waals surface area contributed by atoms with E-state index >= 15 is 0 Å². The number of nitrogens with zero attached hydrogens (tertiary/aromatic N) is 1. The first-order chi connectivity index (χ1) is 8.93. The average molecular weight is 288 g/mol. The largest absolute Gasteiger partial charge is 0.340 e. The molecule has 2 fully saturated rings. The summed E-state index contributed by atoms with van der Waals surface area (Å²) >= 11 is 0. The Balaban J connectivity index is 1.99. The first kappa shape index (κ1) is 14.8. The van der Waals surface area contributed by atoms with E-state index < -0.39 is 9.84 Å². The molecular formula is C13H24N2O3S. The summed E-state index contributed by atoms with van der Waals surface area (Å²) in [6, 6.07) is 0.512. The molecule has 110 valence electrons. The van der Waals surface area contributed by atoms with E-state index in [-0.39, 0.29) is 35.4 Å². The van der Waals surface area contributed by atoms with Gasteiger partial charge < -0.3 is 10.6 Å². The summed E-state index contributed by atoms with van der Waals surface area (Å²) in [4.78, 5) is 14.4. The van der Waals surface area contributed by atoms with Gasteiger partial charge in [-0.2, -0.15) is 0 Å². The van der Waals surface area contributed by atoms with Gasteiger partial charge in [0.2, 0.25) is 5.91 Å². The number of carbonyl (C=O) groups excluding carboxylic acids is 1. The molecule has 1 aliphatic heterocycles. The van der Waals surface area contributed by atoms with Crippen LogP contribution in [-0.2, 0) is 14.6 Å². The first-order valence-electron chi connectivity index (χ1n) is 7.19. The third kappa shape index (κ3) is 3.48. The molecule has 6 heteroatoms. The Morgan fingerprint density at radius 2 is 1.84 bits per heavy atom. The SMILES string of the molecule is CCN(C(=O)C1CCS(=O)(=O)C1)C1CCC(N)CC1. The molecule has 1 unspecified atom stereocenters. The Hall–Kier alpha value is -0.620. The van der Waals surface area contributed by atoms with Crippen molar-refractivity contribution < 1.29 is 13.2 Å². The van der Waals surface area contributed by atoms with Crippen molar-refractivity contribution in [2.24, 2.45) is 11.7 Å². The van der Waals surface area contributed by atoms with Gasteiger partial charge in [-0.05, 0) is 39.0 Å². The molecule has 1 atom stereocenters. The predicted molar refractivity (Wildman–Crippen MR) is 74.4 cm³/mol. The summed E-state index contributed by atoms with van der Waals surface area (Å²) in [6.45, 7) is 2.63. The molecule has 5 nitrogen and oxygen atoms in total. The summed E-state index contributed by atoms with van der Waals surface area (Å²) in [5.41, 5.74) is 5.89. The van der Waals surface area contributed by atoms with Crippen LogP contribution in [0.1, 0.15) is 39.0 Å². The fourth-order valence-electron chi connectivity index (χ4n) is 3.23. The molecule has 0 radical (unpaired) electrons. The molecule has 19 heavy (non-hydrogen) atoms. The van der Waals surface area contributed by atoms with E-state index in [0.717, 1.165) is 25.7 Å². The van der Waals surface area contributed by atoms with Gasteiger partial charge in [0.15, 0.2) is 9.84 Å². The van der Waals surface area contributed by atoms with Crippen LogP contribution in [0.5, 0.6) is 0 Å². The van der Waals surface area contributed by atoms with Gasteiger partial charge in [-0.1, -0.05) is 0 Å². The van der Waals surface area contributed by atoms with Crippen LogP contribution in [0, 0.1) is 5.92 Å². The van der Waals surface area contributed by atoms with Crippen LogP contribution in [0.2, 0.25) is 0 Å². The zero-order valence-corrected chi connectivity index (χ0v) is 12.4. The van der Waals surface area contributed by atoms with Gasteiger partial charge in [-0.15, -0.1) is 0 Å². The second-order valence-corrected chi connectivity index (χ2v) is 8.02. The van der Waals surface area contributed by atoms with E-state index in [4.69, 9.17) is 5.73 Å². The number of nitrogens with two attached hydrogens (primary N) is 1. The van der Waals surface area contributed by atoms with Gasteiger partial charge in [-0.3, -0.25) is 4.79 Å². The number of sulfone groups is 1. The Bertz CT molecular complexity index is 427. The van der Waals surface area contributed by atoms with Crippen molar-refractivity contribution in [2.75, 3.05) is 18.1 Å². The molecule has 1 amide bonds. The number of carbonyl (C=O) groups is 1. The highest BCUT2D eigenvalue weighted by molar-refractivity contribution is 7.91. The minimum absolute atomic E-state index is 0.0315. The summed E-state index contributed by atoms with van der Waals surface area (Å²) < 4.78 is 23.0. The van der Waals surface area contributed by atoms with E-state index in [2.05, 4.69) is 0 Å². The maximum absolute atomic E-state index is 12.5. The molecule has 0 bridgehead atoms. The highest BCUT2D eigenvalue weighted by Gasteiger charge is 2.37. The zero-order valence-electron chi connectivity index (χ0n) is 11.5. The first-order valence-corrected chi connectivity index (χ1v) is 9.01. The van der Waals surface area contributed by atoms with Gasteiger partial charge in [0.25, 0.3) is 0 Å². The molecule has 1 saturated heterocycles. The lowest BCUT2D eigenvalue weighted by atomic mass is 9.90. The van der Waals surface area contributed by atoms with Crippen LogP contribution in [0.4, 0.5) is 0 Å². The lowest BCUT2D eigenvalue weighted by Crippen LogP contribution is -2.46. The van der Waals surface area contributed by atoms with E-state index in [9.17, 15) is 13.2 Å². The van der Waals surface area contributed by atoms with Gasteiger partial charge in [-0.25, -0.2) is 8.42 Å². The minimum Gasteiger partial charge on any atom is -0.340 e. The highest BCUT2D eigenvalue weighted by atomic mass is 32.2. The maximum Gasteiger partial charge on any atom is 0.226 e. The fourth-order valence-corrected chi connectivity index (χ4v) is 4.96. The van der Waals surface area contributed by atoms with E-state index in [1.165, 1.54) is 0 Å². The Labute approximate surface area is 115 Å². The Morgan fingerprint density at radius 1 is 1.21 bits per heavy atom. The summed E-state index contributed by atoms with van der Waals surface area (Å²) in [5, 5.41) is 0. The van der Waals surface area contributed by atoms with Gasteiger partial charge in [0, 0.05) is 18.6 Å². The second-order valence-electron chi connectivity index (χ2n) is 5.79. The minimum atomic E-state index is -2.99. The smallest absolute Gasteiger partial charge is 0.226 e. The molecule has 2 N–H and O–H groups in total. The van der Waals surface area contributed by atoms with Gasteiger partial charge in [0.05, 0.1) is 17.4 Å². The fraction of sp³-hybridized carbons (Fsp3) is 0.923. The van der Waals surface area contributed by atoms with Crippen LogP contribution < -0.4 is 5.73 Å². The molecule has 0 aromatic carbocycles. The monoisotopic (exact) mass is 288 g/mol. The molecule has 0 aromatic heterocycles. The van der Waals surface area contributed by atoms with Crippen molar-refractivity contribution in [3.05, 3.63) is 0 Å². The van der Waals surface area contributed by atoms with Gasteiger partial charge >= 0.3 is 0 Å². The normalized spacial score (nSPS) is 34.1. The van der Waals surface area contributed by atoms with E-state index in [1.54, 1.807) is 0 Å². The number of amides is 1. The van der Waals surface area contributed by atoms with Crippen LogP contribution in [0.3, 0.4) is 0 Å². The van der Waals surface area contributed by atoms with Crippen molar-refractivity contribution in [3.63, 3.8) is 0 Å². The molecule has 0 aromatic rings. The number of hydrogen-bond donors (Lipinski definition) is 1. The molecule has 1 aliphatic carbocycles. The lowest BCUT2D eigenvalue weighted by molar-refractivity contribution is -0.137. The predicted octanol–water partition coefficient (Wildman–Crippen LogP) is 0.540. The number of hydrogen-bond acceptors (Lipinski definition) is 4. The second kappa shape index (κ2) is 5.79. The van der Waals surface area contributed by atoms with Crippen LogP contribution in [0.25, 0.3) is 0 Å². The lowest BCUT2D eigenvalue weighted by Gasteiger charge is -2.36. The molecule has 1 heterocycles. The topological polar surface area (TPSA) is 80.5 Å². The molecule has 1 saturated carbocycles. The molecular weight excluding hydrogens is 264 g/mol. The maximum atomic E-state index is 12.5. The van der Waals surface area contributed by atoms with Crippen molar-refractivity contribution >= 4 is 15.7 Å². The van der Waals surface area contributed by atoms with Crippen molar-refractivity contribution in [1.29, 1.82) is 0 Å². The quantitative estimate of drug-likeness (QED) is 0.822. The Kier molecular flexibility index (Phi) is 4.50. The standard InChI is InChI=1S/C13H24N2O3S/c1-2-15(12-5-3-11(14)4-6-12)13(16)10-7-8-19(17,18)9-10/h10-12H,2-9,14H2,1H3. The van der Waals surface area contributed by atoms with Crippen molar-refractivity contribution in [2.45, 2.75) is 51.1 Å². The molecule has 2 aliphatic rings. The Morgan fingerprint density at radius 3 is 2.32 bits per heavy atom.